The highest BCUT2D eigenvalue weighted by atomic mass is 16.2. The molecule has 0 radical (unpaired) electrons. The molecule has 1 aliphatic carbocycles. The van der Waals surface area contributed by atoms with Gasteiger partial charge in [0.25, 0.3) is 0 Å². The molecule has 0 spiro atoms. The number of hydrazine groups is 1. The van der Waals surface area contributed by atoms with Crippen LogP contribution in [0.25, 0.3) is 0 Å². The second kappa shape index (κ2) is 7.41. The lowest BCUT2D eigenvalue weighted by atomic mass is 9.96. The zero-order valence-electron chi connectivity index (χ0n) is 9.95. The quantitative estimate of drug-likeness (QED) is 0.527. The maximum Gasteiger partial charge on any atom is 0.238 e. The van der Waals surface area contributed by atoms with E-state index in [0.717, 1.165) is 12.8 Å². The highest BCUT2D eigenvalue weighted by Crippen LogP contribution is 2.17. The molecule has 0 aromatic heterocycles. The molecule has 1 saturated carbocycles. The van der Waals surface area contributed by atoms with Gasteiger partial charge < -0.3 is 5.73 Å². The fourth-order valence-electron chi connectivity index (χ4n) is 2.07. The van der Waals surface area contributed by atoms with Crippen molar-refractivity contribution in [2.75, 3.05) is 13.1 Å². The second-order valence-electron chi connectivity index (χ2n) is 4.30. The van der Waals surface area contributed by atoms with Crippen molar-refractivity contribution < 1.29 is 4.79 Å². The lowest BCUT2D eigenvalue weighted by Crippen LogP contribution is -2.49. The summed E-state index contributed by atoms with van der Waals surface area (Å²) in [7, 11) is 0. The number of carbonyl (C=O) groups excluding carboxylic acids is 1. The highest BCUT2D eigenvalue weighted by molar-refractivity contribution is 5.76. The lowest BCUT2D eigenvalue weighted by molar-refractivity contribution is -0.134. The predicted molar refractivity (Wildman–Crippen MR) is 65.6 cm³/mol. The molecule has 0 bridgehead atoms. The van der Waals surface area contributed by atoms with Crippen molar-refractivity contribution in [1.82, 2.24) is 10.4 Å². The van der Waals surface area contributed by atoms with Crippen LogP contribution in [0.1, 0.15) is 38.5 Å². The smallest absolute Gasteiger partial charge is 0.238 e. The Morgan fingerprint density at radius 3 is 2.69 bits per heavy atom. The van der Waals surface area contributed by atoms with Gasteiger partial charge in [-0.2, -0.15) is 0 Å². The molecule has 0 heterocycles. The molecular formula is C12H23N3O. The topological polar surface area (TPSA) is 58.4 Å². The van der Waals surface area contributed by atoms with E-state index < -0.39 is 0 Å². The van der Waals surface area contributed by atoms with Crippen molar-refractivity contribution in [3.8, 4) is 0 Å². The summed E-state index contributed by atoms with van der Waals surface area (Å²) >= 11 is 0. The van der Waals surface area contributed by atoms with Crippen molar-refractivity contribution >= 4 is 5.91 Å². The van der Waals surface area contributed by atoms with E-state index in [2.05, 4.69) is 12.0 Å². The van der Waals surface area contributed by atoms with Crippen LogP contribution in [0, 0.1) is 0 Å². The van der Waals surface area contributed by atoms with E-state index in [1.165, 1.54) is 19.3 Å². The van der Waals surface area contributed by atoms with E-state index >= 15 is 0 Å². The van der Waals surface area contributed by atoms with E-state index in [9.17, 15) is 4.79 Å². The number of carbonyl (C=O) groups is 1. The highest BCUT2D eigenvalue weighted by Gasteiger charge is 2.18. The summed E-state index contributed by atoms with van der Waals surface area (Å²) in [5, 5.41) is 1.66. The maximum atomic E-state index is 11.7. The molecule has 0 aliphatic heterocycles. The van der Waals surface area contributed by atoms with E-state index in [0.29, 0.717) is 25.6 Å². The van der Waals surface area contributed by atoms with Gasteiger partial charge in [-0.15, -0.1) is 6.58 Å². The van der Waals surface area contributed by atoms with Gasteiger partial charge >= 0.3 is 0 Å². The summed E-state index contributed by atoms with van der Waals surface area (Å²) in [6, 6.07) is 0.440. The van der Waals surface area contributed by atoms with Gasteiger partial charge in [-0.3, -0.25) is 9.80 Å². The van der Waals surface area contributed by atoms with Crippen LogP contribution in [0.15, 0.2) is 12.7 Å². The standard InChI is InChI=1S/C12H23N3O/c1-2-10-15(12(16)8-9-13)14-11-6-4-3-5-7-11/h2,11,14H,1,3-10,13H2. The van der Waals surface area contributed by atoms with Crippen molar-refractivity contribution in [2.24, 2.45) is 5.73 Å². The Morgan fingerprint density at radius 2 is 2.12 bits per heavy atom. The number of nitrogens with zero attached hydrogens (tertiary/aromatic N) is 1. The van der Waals surface area contributed by atoms with E-state index in [1.54, 1.807) is 11.1 Å². The van der Waals surface area contributed by atoms with Gasteiger partial charge in [0.2, 0.25) is 5.91 Å². The predicted octanol–water partition coefficient (Wildman–Crippen LogP) is 1.19. The number of nitrogens with two attached hydrogens (primary N) is 1. The molecule has 1 aliphatic rings. The largest absolute Gasteiger partial charge is 0.330 e. The van der Waals surface area contributed by atoms with E-state index in [1.807, 2.05) is 0 Å². The Labute approximate surface area is 97.8 Å². The first kappa shape index (κ1) is 13.2. The average molecular weight is 225 g/mol. The number of rotatable bonds is 6. The van der Waals surface area contributed by atoms with Crippen LogP contribution in [0.5, 0.6) is 0 Å². The second-order valence-corrected chi connectivity index (χ2v) is 4.30. The molecule has 92 valence electrons. The Morgan fingerprint density at radius 1 is 1.44 bits per heavy atom. The van der Waals surface area contributed by atoms with Gasteiger partial charge in [0.1, 0.15) is 0 Å². The van der Waals surface area contributed by atoms with Gasteiger partial charge in [-0.05, 0) is 12.8 Å². The van der Waals surface area contributed by atoms with Crippen LogP contribution >= 0.6 is 0 Å². The number of hydrogen-bond donors (Lipinski definition) is 2. The normalized spacial score (nSPS) is 17.1. The Hall–Kier alpha value is -0.870. The van der Waals surface area contributed by atoms with E-state index in [-0.39, 0.29) is 5.91 Å². The number of nitrogens with one attached hydrogen (secondary N) is 1. The Kier molecular flexibility index (Phi) is 6.11. The fourth-order valence-corrected chi connectivity index (χ4v) is 2.07. The molecule has 1 amide bonds. The van der Waals surface area contributed by atoms with Gasteiger partial charge in [0.15, 0.2) is 0 Å². The van der Waals surface area contributed by atoms with Crippen LogP contribution in [-0.2, 0) is 4.79 Å². The first-order valence-corrected chi connectivity index (χ1v) is 6.15. The minimum Gasteiger partial charge on any atom is -0.330 e. The zero-order valence-corrected chi connectivity index (χ0v) is 9.95. The number of hydrogen-bond acceptors (Lipinski definition) is 3. The minimum atomic E-state index is 0.0629. The van der Waals surface area contributed by atoms with Crippen molar-refractivity contribution in [3.63, 3.8) is 0 Å². The zero-order chi connectivity index (χ0) is 11.8. The molecule has 0 aromatic carbocycles. The van der Waals surface area contributed by atoms with Gasteiger partial charge in [0.05, 0.1) is 6.54 Å². The molecule has 0 atom stereocenters. The monoisotopic (exact) mass is 225 g/mol. The molecular weight excluding hydrogens is 202 g/mol. The van der Waals surface area contributed by atoms with Crippen molar-refractivity contribution in [2.45, 2.75) is 44.6 Å². The summed E-state index contributed by atoms with van der Waals surface area (Å²) in [4.78, 5) is 11.7. The Balaban J connectivity index is 2.42. The molecule has 4 nitrogen and oxygen atoms in total. The average Bonchev–Trinajstić information content (AvgIpc) is 2.30. The minimum absolute atomic E-state index is 0.0629. The Bertz CT molecular complexity index is 224. The molecule has 0 unspecified atom stereocenters. The molecule has 1 fully saturated rings. The third-order valence-corrected chi connectivity index (χ3v) is 2.91. The fraction of sp³-hybridized carbons (Fsp3) is 0.750. The third-order valence-electron chi connectivity index (χ3n) is 2.91. The molecule has 16 heavy (non-hydrogen) atoms. The lowest BCUT2D eigenvalue weighted by Gasteiger charge is -2.30. The molecule has 3 N–H and O–H groups in total. The van der Waals surface area contributed by atoms with Crippen LogP contribution in [0.2, 0.25) is 0 Å². The van der Waals surface area contributed by atoms with Crippen LogP contribution in [0.3, 0.4) is 0 Å². The van der Waals surface area contributed by atoms with Gasteiger partial charge in [0, 0.05) is 19.0 Å². The third kappa shape index (κ3) is 4.33. The molecule has 0 saturated heterocycles. The van der Waals surface area contributed by atoms with Crippen molar-refractivity contribution in [1.29, 1.82) is 0 Å². The number of amides is 1. The maximum absolute atomic E-state index is 11.7. The van der Waals surface area contributed by atoms with Gasteiger partial charge in [-0.25, -0.2) is 5.43 Å². The summed E-state index contributed by atoms with van der Waals surface area (Å²) in [6.45, 7) is 4.62. The molecule has 0 aromatic rings. The van der Waals surface area contributed by atoms with Crippen molar-refractivity contribution in [3.05, 3.63) is 12.7 Å². The van der Waals surface area contributed by atoms with E-state index in [4.69, 9.17) is 5.73 Å². The first-order valence-electron chi connectivity index (χ1n) is 6.15. The summed E-state index contributed by atoms with van der Waals surface area (Å²) in [6.07, 6.45) is 8.27. The van der Waals surface area contributed by atoms with Gasteiger partial charge in [-0.1, -0.05) is 25.3 Å². The summed E-state index contributed by atoms with van der Waals surface area (Å²) in [5.74, 6) is 0.0629. The van der Waals surface area contributed by atoms with Crippen LogP contribution < -0.4 is 11.2 Å². The molecule has 4 heteroatoms. The van der Waals surface area contributed by atoms with Crippen LogP contribution in [0.4, 0.5) is 0 Å². The first-order chi connectivity index (χ1) is 7.77. The summed E-state index contributed by atoms with van der Waals surface area (Å²) < 4.78 is 0. The SMILES string of the molecule is C=CCN(NC1CCCCC1)C(=O)CCN. The summed E-state index contributed by atoms with van der Waals surface area (Å²) in [5.41, 5.74) is 8.69. The van der Waals surface area contributed by atoms with Crippen LogP contribution in [-0.4, -0.2) is 30.0 Å². The molecule has 1 rings (SSSR count).